The average molecular weight is 216 g/mol. The highest BCUT2D eigenvalue weighted by Gasteiger charge is 2.14. The normalized spacial score (nSPS) is 10.3. The molecular weight excluding hydrogens is 196 g/mol. The second kappa shape index (κ2) is 8.23. The van der Waals surface area contributed by atoms with E-state index in [1.165, 1.54) is 11.5 Å². The number of hydrogen-bond donors (Lipinski definition) is 1. The van der Waals surface area contributed by atoms with E-state index in [1.54, 1.807) is 0 Å². The Balaban J connectivity index is 3.73. The van der Waals surface area contributed by atoms with Gasteiger partial charge >= 0.3 is 11.9 Å². The second-order valence-electron chi connectivity index (χ2n) is 3.33. The number of nitrogens with two attached hydrogens (primary N) is 1. The third-order valence-electron chi connectivity index (χ3n) is 2.03. The number of primary amides is 1. The van der Waals surface area contributed by atoms with Gasteiger partial charge in [0.15, 0.2) is 0 Å². The topological polar surface area (TPSA) is 72.6 Å². The SMILES string of the molecule is CCCCCCN(CC)OC(=O)C(N)=O. The van der Waals surface area contributed by atoms with Crippen LogP contribution in [-0.2, 0) is 14.4 Å². The van der Waals surface area contributed by atoms with Crippen molar-refractivity contribution in [3.63, 3.8) is 0 Å². The number of carbonyl (C=O) groups is 2. The van der Waals surface area contributed by atoms with Gasteiger partial charge in [-0.15, -0.1) is 5.06 Å². The first kappa shape index (κ1) is 13.9. The van der Waals surface area contributed by atoms with Gasteiger partial charge in [0, 0.05) is 13.1 Å². The van der Waals surface area contributed by atoms with Crippen LogP contribution in [0.4, 0.5) is 0 Å². The maximum Gasteiger partial charge on any atom is 0.415 e. The lowest BCUT2D eigenvalue weighted by Crippen LogP contribution is -2.34. The molecule has 0 radical (unpaired) electrons. The molecule has 0 aliphatic rings. The predicted molar refractivity (Wildman–Crippen MR) is 56.7 cm³/mol. The van der Waals surface area contributed by atoms with Crippen LogP contribution in [0.3, 0.4) is 0 Å². The molecule has 5 nitrogen and oxygen atoms in total. The van der Waals surface area contributed by atoms with Gasteiger partial charge in [-0.05, 0) is 13.3 Å². The molecule has 0 aromatic carbocycles. The lowest BCUT2D eigenvalue weighted by molar-refractivity contribution is -0.191. The Kier molecular flexibility index (Phi) is 7.62. The van der Waals surface area contributed by atoms with Gasteiger partial charge in [0.25, 0.3) is 0 Å². The fourth-order valence-corrected chi connectivity index (χ4v) is 1.15. The Morgan fingerprint density at radius 2 is 1.87 bits per heavy atom. The molecule has 0 unspecified atom stereocenters. The van der Waals surface area contributed by atoms with E-state index >= 15 is 0 Å². The lowest BCUT2D eigenvalue weighted by Gasteiger charge is -2.18. The van der Waals surface area contributed by atoms with Gasteiger partial charge in [-0.3, -0.25) is 4.79 Å². The summed E-state index contributed by atoms with van der Waals surface area (Å²) in [6.45, 7) is 5.19. The van der Waals surface area contributed by atoms with Crippen molar-refractivity contribution in [3.8, 4) is 0 Å². The largest absolute Gasteiger partial charge is 0.415 e. The first-order valence-corrected chi connectivity index (χ1v) is 5.38. The van der Waals surface area contributed by atoms with Crippen LogP contribution in [0, 0.1) is 0 Å². The number of rotatable bonds is 7. The van der Waals surface area contributed by atoms with Gasteiger partial charge < -0.3 is 10.6 Å². The molecule has 15 heavy (non-hydrogen) atoms. The van der Waals surface area contributed by atoms with Crippen LogP contribution < -0.4 is 5.73 Å². The summed E-state index contributed by atoms with van der Waals surface area (Å²) in [5.74, 6) is -2.05. The molecule has 0 aliphatic heterocycles. The molecular formula is C10H20N2O3. The molecule has 5 heteroatoms. The Morgan fingerprint density at radius 1 is 1.20 bits per heavy atom. The molecule has 0 atom stereocenters. The van der Waals surface area contributed by atoms with Gasteiger partial charge in [0.1, 0.15) is 0 Å². The summed E-state index contributed by atoms with van der Waals surface area (Å²) in [6.07, 6.45) is 4.38. The van der Waals surface area contributed by atoms with E-state index in [4.69, 9.17) is 10.6 Å². The minimum Gasteiger partial charge on any atom is -0.360 e. The number of hydrogen-bond acceptors (Lipinski definition) is 4. The summed E-state index contributed by atoms with van der Waals surface area (Å²) >= 11 is 0. The van der Waals surface area contributed by atoms with Crippen LogP contribution in [0.15, 0.2) is 0 Å². The van der Waals surface area contributed by atoms with Crippen LogP contribution in [-0.4, -0.2) is 30.0 Å². The minimum absolute atomic E-state index is 0.561. The standard InChI is InChI=1S/C10H20N2O3/c1-3-5-6-7-8-12(4-2)15-10(14)9(11)13/h3-8H2,1-2H3,(H2,11,13). The highest BCUT2D eigenvalue weighted by Crippen LogP contribution is 2.01. The number of carbonyl (C=O) groups excluding carboxylic acids is 2. The Bertz CT molecular complexity index is 207. The fraction of sp³-hybridized carbons (Fsp3) is 0.800. The average Bonchev–Trinajstić information content (AvgIpc) is 2.22. The Hall–Kier alpha value is -1.10. The van der Waals surface area contributed by atoms with Crippen molar-refractivity contribution in [2.24, 2.45) is 5.73 Å². The van der Waals surface area contributed by atoms with Crippen molar-refractivity contribution in [2.75, 3.05) is 13.1 Å². The van der Waals surface area contributed by atoms with E-state index in [0.717, 1.165) is 19.3 Å². The monoisotopic (exact) mass is 216 g/mol. The summed E-state index contributed by atoms with van der Waals surface area (Å²) in [7, 11) is 0. The van der Waals surface area contributed by atoms with Crippen LogP contribution in [0.5, 0.6) is 0 Å². The zero-order valence-electron chi connectivity index (χ0n) is 9.49. The molecule has 0 bridgehead atoms. The fourth-order valence-electron chi connectivity index (χ4n) is 1.15. The van der Waals surface area contributed by atoms with Crippen molar-refractivity contribution in [1.29, 1.82) is 0 Å². The maximum atomic E-state index is 10.9. The highest BCUT2D eigenvalue weighted by molar-refractivity contribution is 6.31. The van der Waals surface area contributed by atoms with Crippen molar-refractivity contribution in [2.45, 2.75) is 39.5 Å². The summed E-state index contributed by atoms with van der Waals surface area (Å²) < 4.78 is 0. The Morgan fingerprint density at radius 3 is 2.33 bits per heavy atom. The van der Waals surface area contributed by atoms with E-state index in [-0.39, 0.29) is 0 Å². The molecule has 0 fully saturated rings. The van der Waals surface area contributed by atoms with E-state index in [0.29, 0.717) is 13.1 Å². The van der Waals surface area contributed by atoms with Gasteiger partial charge in [0.05, 0.1) is 0 Å². The summed E-state index contributed by atoms with van der Waals surface area (Å²) in [5, 5.41) is 1.46. The van der Waals surface area contributed by atoms with Crippen LogP contribution in [0.2, 0.25) is 0 Å². The van der Waals surface area contributed by atoms with E-state index in [1.807, 2.05) is 6.92 Å². The van der Waals surface area contributed by atoms with Gasteiger partial charge in [0.2, 0.25) is 0 Å². The molecule has 0 spiro atoms. The van der Waals surface area contributed by atoms with Crippen molar-refractivity contribution < 1.29 is 14.4 Å². The van der Waals surface area contributed by atoms with Gasteiger partial charge in [-0.25, -0.2) is 4.79 Å². The third kappa shape index (κ3) is 6.90. The first-order valence-electron chi connectivity index (χ1n) is 5.38. The van der Waals surface area contributed by atoms with Crippen LogP contribution >= 0.6 is 0 Å². The highest BCUT2D eigenvalue weighted by atomic mass is 16.7. The first-order chi connectivity index (χ1) is 7.11. The van der Waals surface area contributed by atoms with Crippen molar-refractivity contribution in [3.05, 3.63) is 0 Å². The molecule has 2 N–H and O–H groups in total. The third-order valence-corrected chi connectivity index (χ3v) is 2.03. The number of nitrogens with zero attached hydrogens (tertiary/aromatic N) is 1. The lowest BCUT2D eigenvalue weighted by atomic mass is 10.2. The molecule has 1 amide bonds. The molecule has 0 saturated heterocycles. The van der Waals surface area contributed by atoms with Gasteiger partial charge in [-0.2, -0.15) is 0 Å². The summed E-state index contributed by atoms with van der Waals surface area (Å²) in [4.78, 5) is 26.1. The van der Waals surface area contributed by atoms with Gasteiger partial charge in [-0.1, -0.05) is 26.2 Å². The zero-order valence-corrected chi connectivity index (χ0v) is 9.49. The number of unbranched alkanes of at least 4 members (excludes halogenated alkanes) is 3. The molecule has 0 rings (SSSR count). The van der Waals surface area contributed by atoms with E-state index in [2.05, 4.69) is 6.92 Å². The number of amides is 1. The van der Waals surface area contributed by atoms with Crippen LogP contribution in [0.1, 0.15) is 39.5 Å². The Labute approximate surface area is 90.5 Å². The minimum atomic E-state index is -1.05. The van der Waals surface area contributed by atoms with E-state index in [9.17, 15) is 9.59 Å². The predicted octanol–water partition coefficient (Wildman–Crippen LogP) is 0.832. The summed E-state index contributed by atoms with van der Waals surface area (Å²) in [5.41, 5.74) is 4.78. The second-order valence-corrected chi connectivity index (χ2v) is 3.33. The van der Waals surface area contributed by atoms with Crippen molar-refractivity contribution >= 4 is 11.9 Å². The maximum absolute atomic E-state index is 10.9. The molecule has 88 valence electrons. The molecule has 0 saturated carbocycles. The zero-order chi connectivity index (χ0) is 11.7. The quantitative estimate of drug-likeness (QED) is 0.388. The number of hydroxylamine groups is 2. The molecule has 0 aromatic heterocycles. The van der Waals surface area contributed by atoms with E-state index < -0.39 is 11.9 Å². The van der Waals surface area contributed by atoms with Crippen LogP contribution in [0.25, 0.3) is 0 Å². The summed E-state index contributed by atoms with van der Waals surface area (Å²) in [6, 6.07) is 0. The molecule has 0 aromatic rings. The molecule has 0 heterocycles. The van der Waals surface area contributed by atoms with Crippen molar-refractivity contribution in [1.82, 2.24) is 5.06 Å². The molecule has 0 aliphatic carbocycles. The smallest absolute Gasteiger partial charge is 0.360 e.